The summed E-state index contributed by atoms with van der Waals surface area (Å²) in [5.41, 5.74) is 0.902. The second-order valence-electron chi connectivity index (χ2n) is 6.21. The fourth-order valence-electron chi connectivity index (χ4n) is 2.98. The summed E-state index contributed by atoms with van der Waals surface area (Å²) in [6.07, 6.45) is 2.99. The molecule has 0 aromatic heterocycles. The first-order valence-electron chi connectivity index (χ1n) is 7.65. The molecular weight excluding hydrogens is 280 g/mol. The summed E-state index contributed by atoms with van der Waals surface area (Å²) in [6.45, 7) is 8.06. The van der Waals surface area contributed by atoms with Gasteiger partial charge in [0.05, 0.1) is 11.5 Å². The van der Waals surface area contributed by atoms with E-state index in [1.54, 1.807) is 11.8 Å². The molecule has 21 heavy (non-hydrogen) atoms. The molecule has 4 heteroatoms. The van der Waals surface area contributed by atoms with E-state index in [2.05, 4.69) is 61.9 Å². The average molecular weight is 306 g/mol. The van der Waals surface area contributed by atoms with E-state index >= 15 is 0 Å². The molecular formula is C17H26N2OS. The zero-order valence-corrected chi connectivity index (χ0v) is 14.2. The van der Waals surface area contributed by atoms with E-state index in [1.165, 1.54) is 4.90 Å². The molecule has 1 aliphatic heterocycles. The maximum Gasteiger partial charge on any atom is 0.228 e. The minimum absolute atomic E-state index is 0.0460. The molecule has 1 aromatic carbocycles. The van der Waals surface area contributed by atoms with Crippen molar-refractivity contribution >= 4 is 17.7 Å². The van der Waals surface area contributed by atoms with Crippen molar-refractivity contribution in [3.05, 3.63) is 29.8 Å². The second kappa shape index (κ2) is 6.84. The van der Waals surface area contributed by atoms with Gasteiger partial charge in [-0.2, -0.15) is 0 Å². The van der Waals surface area contributed by atoms with Crippen molar-refractivity contribution in [3.8, 4) is 0 Å². The van der Waals surface area contributed by atoms with Crippen molar-refractivity contribution in [1.29, 1.82) is 0 Å². The molecule has 2 unspecified atom stereocenters. The van der Waals surface area contributed by atoms with Gasteiger partial charge < -0.3 is 10.6 Å². The molecule has 1 aromatic rings. The van der Waals surface area contributed by atoms with Gasteiger partial charge in [0.15, 0.2) is 0 Å². The molecule has 2 atom stereocenters. The lowest BCUT2D eigenvalue weighted by Crippen LogP contribution is -2.46. The second-order valence-corrected chi connectivity index (χ2v) is 7.09. The Hall–Kier alpha value is -1.00. The first-order valence-corrected chi connectivity index (χ1v) is 8.87. The van der Waals surface area contributed by atoms with Crippen LogP contribution in [0, 0.1) is 11.3 Å². The predicted octanol–water partition coefficient (Wildman–Crippen LogP) is 3.22. The minimum atomic E-state index is -0.256. The Morgan fingerprint density at radius 3 is 2.43 bits per heavy atom. The smallest absolute Gasteiger partial charge is 0.228 e. The summed E-state index contributed by atoms with van der Waals surface area (Å²) in [5, 5.41) is 6.55. The van der Waals surface area contributed by atoms with E-state index in [0.29, 0.717) is 5.92 Å². The first-order chi connectivity index (χ1) is 9.99. The maximum atomic E-state index is 12.8. The van der Waals surface area contributed by atoms with Crippen molar-refractivity contribution in [2.24, 2.45) is 11.3 Å². The SMILES string of the molecule is CSc1ccc(C(C)NC(=O)C2(C(C)C)CCNC2)cc1. The van der Waals surface area contributed by atoms with Crippen LogP contribution in [0.25, 0.3) is 0 Å². The molecule has 0 saturated carbocycles. The van der Waals surface area contributed by atoms with Crippen LogP contribution in [0.1, 0.15) is 38.8 Å². The molecule has 1 saturated heterocycles. The Morgan fingerprint density at radius 2 is 1.95 bits per heavy atom. The monoisotopic (exact) mass is 306 g/mol. The minimum Gasteiger partial charge on any atom is -0.349 e. The fourth-order valence-corrected chi connectivity index (χ4v) is 3.38. The van der Waals surface area contributed by atoms with Crippen LogP contribution < -0.4 is 10.6 Å². The van der Waals surface area contributed by atoms with Crippen LogP contribution in [0.4, 0.5) is 0 Å². The summed E-state index contributed by atoms with van der Waals surface area (Å²) >= 11 is 1.73. The molecule has 3 nitrogen and oxygen atoms in total. The Bertz CT molecular complexity index is 478. The van der Waals surface area contributed by atoms with Crippen LogP contribution in [0.3, 0.4) is 0 Å². The largest absolute Gasteiger partial charge is 0.349 e. The van der Waals surface area contributed by atoms with Gasteiger partial charge in [-0.05, 0) is 49.8 Å². The van der Waals surface area contributed by atoms with Crippen LogP contribution in [0.15, 0.2) is 29.2 Å². The van der Waals surface area contributed by atoms with Crippen molar-refractivity contribution < 1.29 is 4.79 Å². The number of nitrogens with one attached hydrogen (secondary N) is 2. The molecule has 1 fully saturated rings. The van der Waals surface area contributed by atoms with Crippen LogP contribution >= 0.6 is 11.8 Å². The molecule has 1 aliphatic rings. The Balaban J connectivity index is 2.07. The van der Waals surface area contributed by atoms with Gasteiger partial charge in [-0.3, -0.25) is 4.79 Å². The summed E-state index contributed by atoms with van der Waals surface area (Å²) in [4.78, 5) is 14.0. The van der Waals surface area contributed by atoms with Crippen LogP contribution in [-0.2, 0) is 4.79 Å². The normalized spacial score (nSPS) is 23.3. The quantitative estimate of drug-likeness (QED) is 0.821. The van der Waals surface area contributed by atoms with Crippen LogP contribution in [0.5, 0.6) is 0 Å². The number of hydrogen-bond donors (Lipinski definition) is 2. The lowest BCUT2D eigenvalue weighted by atomic mass is 9.75. The summed E-state index contributed by atoms with van der Waals surface area (Å²) in [7, 11) is 0. The third-order valence-corrected chi connectivity index (χ3v) is 5.45. The molecule has 116 valence electrons. The highest BCUT2D eigenvalue weighted by atomic mass is 32.2. The Labute approximate surface area is 132 Å². The van der Waals surface area contributed by atoms with Gasteiger partial charge in [0.25, 0.3) is 0 Å². The van der Waals surface area contributed by atoms with Gasteiger partial charge in [0.1, 0.15) is 0 Å². The standard InChI is InChI=1S/C17H26N2OS/c1-12(2)17(9-10-18-11-17)16(20)19-13(3)14-5-7-15(21-4)8-6-14/h5-8,12-13,18H,9-11H2,1-4H3,(H,19,20). The number of rotatable bonds is 5. The number of thioether (sulfide) groups is 1. The molecule has 0 aliphatic carbocycles. The van der Waals surface area contributed by atoms with Crippen molar-refractivity contribution in [2.75, 3.05) is 19.3 Å². The highest BCUT2D eigenvalue weighted by molar-refractivity contribution is 7.98. The lowest BCUT2D eigenvalue weighted by Gasteiger charge is -2.32. The summed E-state index contributed by atoms with van der Waals surface area (Å²) < 4.78 is 0. The zero-order valence-electron chi connectivity index (χ0n) is 13.4. The number of carbonyl (C=O) groups excluding carboxylic acids is 1. The maximum absolute atomic E-state index is 12.8. The van der Waals surface area contributed by atoms with Gasteiger partial charge in [-0.15, -0.1) is 11.8 Å². The molecule has 0 bridgehead atoms. The van der Waals surface area contributed by atoms with Gasteiger partial charge in [-0.25, -0.2) is 0 Å². The summed E-state index contributed by atoms with van der Waals surface area (Å²) in [5.74, 6) is 0.530. The molecule has 0 radical (unpaired) electrons. The average Bonchev–Trinajstić information content (AvgIpc) is 2.98. The molecule has 1 amide bonds. The van der Waals surface area contributed by atoms with E-state index in [-0.39, 0.29) is 17.4 Å². The third-order valence-electron chi connectivity index (χ3n) is 4.71. The molecule has 2 N–H and O–H groups in total. The number of hydrogen-bond acceptors (Lipinski definition) is 3. The van der Waals surface area contributed by atoms with Crippen molar-refractivity contribution in [2.45, 2.75) is 38.1 Å². The Morgan fingerprint density at radius 1 is 1.29 bits per heavy atom. The van der Waals surface area contributed by atoms with E-state index in [1.807, 2.05) is 0 Å². The van der Waals surface area contributed by atoms with E-state index in [0.717, 1.165) is 25.1 Å². The van der Waals surface area contributed by atoms with Crippen molar-refractivity contribution in [1.82, 2.24) is 10.6 Å². The molecule has 2 rings (SSSR count). The van der Waals surface area contributed by atoms with E-state index in [9.17, 15) is 4.79 Å². The van der Waals surface area contributed by atoms with Crippen molar-refractivity contribution in [3.63, 3.8) is 0 Å². The van der Waals surface area contributed by atoms with Gasteiger partial charge >= 0.3 is 0 Å². The van der Waals surface area contributed by atoms with E-state index in [4.69, 9.17) is 0 Å². The highest BCUT2D eigenvalue weighted by Crippen LogP contribution is 2.35. The third kappa shape index (κ3) is 3.43. The van der Waals surface area contributed by atoms with E-state index < -0.39 is 0 Å². The van der Waals surface area contributed by atoms with Gasteiger partial charge in [0.2, 0.25) is 5.91 Å². The first kappa shape index (κ1) is 16.4. The fraction of sp³-hybridized carbons (Fsp3) is 0.588. The predicted molar refractivity (Wildman–Crippen MR) is 89.5 cm³/mol. The van der Waals surface area contributed by atoms with Gasteiger partial charge in [-0.1, -0.05) is 26.0 Å². The van der Waals surface area contributed by atoms with Crippen LogP contribution in [-0.4, -0.2) is 25.3 Å². The number of carbonyl (C=O) groups is 1. The molecule has 0 spiro atoms. The topological polar surface area (TPSA) is 41.1 Å². The van der Waals surface area contributed by atoms with Crippen LogP contribution in [0.2, 0.25) is 0 Å². The Kier molecular flexibility index (Phi) is 5.33. The highest BCUT2D eigenvalue weighted by Gasteiger charge is 2.44. The zero-order chi connectivity index (χ0) is 15.5. The molecule has 1 heterocycles. The number of benzene rings is 1. The number of amides is 1. The summed E-state index contributed by atoms with van der Waals surface area (Å²) in [6, 6.07) is 8.47. The van der Waals surface area contributed by atoms with Gasteiger partial charge in [0, 0.05) is 11.4 Å². The lowest BCUT2D eigenvalue weighted by molar-refractivity contribution is -0.133.